The lowest BCUT2D eigenvalue weighted by Gasteiger charge is -2.02. The van der Waals surface area contributed by atoms with Crippen molar-refractivity contribution in [3.05, 3.63) is 24.3 Å². The summed E-state index contributed by atoms with van der Waals surface area (Å²) >= 11 is 0. The van der Waals surface area contributed by atoms with Gasteiger partial charge in [0, 0.05) is 18.2 Å². The van der Waals surface area contributed by atoms with E-state index >= 15 is 0 Å². The Morgan fingerprint density at radius 3 is 2.40 bits per heavy atom. The smallest absolute Gasteiger partial charge is 0.319 e. The molecule has 20 heavy (non-hydrogen) atoms. The molecule has 0 saturated heterocycles. The molecule has 0 aliphatic carbocycles. The fraction of sp³-hybridized carbons (Fsp3) is 0.0909. The first-order valence-corrected chi connectivity index (χ1v) is 5.41. The number of urea groups is 1. The number of carbonyl (C=O) groups is 2. The highest BCUT2D eigenvalue weighted by Crippen LogP contribution is 2.18. The second-order valence-corrected chi connectivity index (χ2v) is 3.76. The molecule has 2 aromatic rings. The number of hydrogen-bond acceptors (Lipinski definition) is 4. The van der Waals surface area contributed by atoms with Crippen molar-refractivity contribution in [2.24, 2.45) is 5.73 Å². The van der Waals surface area contributed by atoms with Crippen LogP contribution in [-0.4, -0.2) is 32.6 Å². The first-order valence-electron chi connectivity index (χ1n) is 5.41. The molecule has 1 aromatic heterocycles. The standard InChI is InChI=1S/C11H12N6O2.H2O/c1-6(18)13-8-4-2-7(3-5-8)9-14-11(17-16-9)15-10(12)19;/h2-5H,1H3,(H,13,18)(H4,12,14,15,16,17,19);1H2. The molecule has 9 heteroatoms. The number of hydrogen-bond donors (Lipinski definition) is 4. The van der Waals surface area contributed by atoms with Crippen molar-refractivity contribution in [1.29, 1.82) is 0 Å². The molecule has 0 radical (unpaired) electrons. The summed E-state index contributed by atoms with van der Waals surface area (Å²) in [5.41, 5.74) is 6.40. The number of rotatable bonds is 3. The first-order chi connectivity index (χ1) is 9.04. The molecule has 0 aliphatic heterocycles. The van der Waals surface area contributed by atoms with E-state index in [-0.39, 0.29) is 17.3 Å². The van der Waals surface area contributed by atoms with Crippen LogP contribution >= 0.6 is 0 Å². The maximum absolute atomic E-state index is 10.9. The number of nitrogens with zero attached hydrogens (tertiary/aromatic N) is 2. The van der Waals surface area contributed by atoms with Crippen LogP contribution in [0.25, 0.3) is 11.4 Å². The summed E-state index contributed by atoms with van der Waals surface area (Å²) in [6, 6.07) is 6.27. The molecule has 2 rings (SSSR count). The summed E-state index contributed by atoms with van der Waals surface area (Å²) in [5.74, 6) is 0.451. The Labute approximate surface area is 113 Å². The molecule has 7 N–H and O–H groups in total. The van der Waals surface area contributed by atoms with Gasteiger partial charge in [-0.25, -0.2) is 4.79 Å². The van der Waals surface area contributed by atoms with Gasteiger partial charge < -0.3 is 16.5 Å². The maximum atomic E-state index is 10.9. The fourth-order valence-corrected chi connectivity index (χ4v) is 1.47. The third-order valence-electron chi connectivity index (χ3n) is 2.20. The molecule has 0 atom stereocenters. The molecule has 1 aromatic carbocycles. The van der Waals surface area contributed by atoms with E-state index in [0.717, 1.165) is 5.56 Å². The summed E-state index contributed by atoms with van der Waals surface area (Å²) in [6.45, 7) is 1.44. The number of nitrogens with one attached hydrogen (secondary N) is 3. The van der Waals surface area contributed by atoms with Crippen LogP contribution in [0.2, 0.25) is 0 Å². The Morgan fingerprint density at radius 2 is 1.85 bits per heavy atom. The van der Waals surface area contributed by atoms with Gasteiger partial charge in [-0.2, -0.15) is 4.98 Å². The SMILES string of the molecule is CC(=O)Nc1ccc(-c2nc(NC(N)=O)n[nH]2)cc1.O. The van der Waals surface area contributed by atoms with Gasteiger partial charge in [-0.15, -0.1) is 5.10 Å². The monoisotopic (exact) mass is 278 g/mol. The van der Waals surface area contributed by atoms with E-state index in [0.29, 0.717) is 11.5 Å². The third kappa shape index (κ3) is 3.78. The highest BCUT2D eigenvalue weighted by Gasteiger charge is 2.07. The minimum absolute atomic E-state index is 0. The van der Waals surface area contributed by atoms with Crippen molar-refractivity contribution in [3.63, 3.8) is 0 Å². The normalized spacial score (nSPS) is 9.45. The summed E-state index contributed by atoms with van der Waals surface area (Å²) in [6.07, 6.45) is 0. The number of nitrogens with two attached hydrogens (primary N) is 1. The molecule has 1 heterocycles. The molecule has 3 amide bonds. The van der Waals surface area contributed by atoms with Gasteiger partial charge in [0.25, 0.3) is 0 Å². The van der Waals surface area contributed by atoms with Crippen molar-refractivity contribution in [2.45, 2.75) is 6.92 Å². The Hall–Kier alpha value is -2.94. The minimum Gasteiger partial charge on any atom is -0.412 e. The zero-order chi connectivity index (χ0) is 13.8. The topological polar surface area (TPSA) is 157 Å². The van der Waals surface area contributed by atoms with Gasteiger partial charge in [-0.05, 0) is 24.3 Å². The van der Waals surface area contributed by atoms with Crippen LogP contribution in [0.3, 0.4) is 0 Å². The highest BCUT2D eigenvalue weighted by molar-refractivity contribution is 5.89. The Balaban J connectivity index is 0.00000200. The quantitative estimate of drug-likeness (QED) is 0.627. The number of anilines is 2. The van der Waals surface area contributed by atoms with Crippen LogP contribution in [0.4, 0.5) is 16.4 Å². The van der Waals surface area contributed by atoms with Crippen molar-refractivity contribution in [1.82, 2.24) is 15.2 Å². The zero-order valence-electron chi connectivity index (χ0n) is 10.6. The van der Waals surface area contributed by atoms with Crippen LogP contribution in [0.15, 0.2) is 24.3 Å². The number of aromatic nitrogens is 3. The number of aromatic amines is 1. The number of primary amides is 1. The predicted octanol–water partition coefficient (Wildman–Crippen LogP) is 0.0960. The van der Waals surface area contributed by atoms with Crippen molar-refractivity contribution < 1.29 is 15.1 Å². The fourth-order valence-electron chi connectivity index (χ4n) is 1.47. The Kier molecular flexibility index (Phi) is 4.76. The van der Waals surface area contributed by atoms with Crippen molar-refractivity contribution in [3.8, 4) is 11.4 Å². The van der Waals surface area contributed by atoms with Gasteiger partial charge in [-0.3, -0.25) is 15.2 Å². The van der Waals surface area contributed by atoms with E-state index in [4.69, 9.17) is 5.73 Å². The molecule has 0 unspecified atom stereocenters. The van der Waals surface area contributed by atoms with Gasteiger partial charge >= 0.3 is 6.03 Å². The average Bonchev–Trinajstić information content (AvgIpc) is 2.76. The molecular weight excluding hydrogens is 264 g/mol. The van der Waals surface area contributed by atoms with E-state index in [1.54, 1.807) is 24.3 Å². The Bertz CT molecular complexity index is 607. The summed E-state index contributed by atoms with van der Waals surface area (Å²) < 4.78 is 0. The van der Waals surface area contributed by atoms with Crippen LogP contribution in [-0.2, 0) is 4.79 Å². The average molecular weight is 278 g/mol. The molecule has 9 nitrogen and oxygen atoms in total. The van der Waals surface area contributed by atoms with E-state index in [1.807, 2.05) is 0 Å². The molecule has 0 aliphatic rings. The van der Waals surface area contributed by atoms with Gasteiger partial charge in [0.1, 0.15) is 0 Å². The molecule has 0 bridgehead atoms. The van der Waals surface area contributed by atoms with Gasteiger partial charge in [0.2, 0.25) is 11.9 Å². The van der Waals surface area contributed by atoms with E-state index in [9.17, 15) is 9.59 Å². The minimum atomic E-state index is -0.730. The molecule has 0 fully saturated rings. The van der Waals surface area contributed by atoms with Gasteiger partial charge in [0.15, 0.2) is 5.82 Å². The van der Waals surface area contributed by atoms with E-state index < -0.39 is 6.03 Å². The Morgan fingerprint density at radius 1 is 1.20 bits per heavy atom. The lowest BCUT2D eigenvalue weighted by Crippen LogP contribution is -2.20. The lowest BCUT2D eigenvalue weighted by atomic mass is 10.2. The second-order valence-electron chi connectivity index (χ2n) is 3.76. The van der Waals surface area contributed by atoms with Gasteiger partial charge in [0.05, 0.1) is 0 Å². The number of benzene rings is 1. The molecule has 0 spiro atoms. The highest BCUT2D eigenvalue weighted by atomic mass is 16.2. The van der Waals surface area contributed by atoms with Crippen LogP contribution < -0.4 is 16.4 Å². The zero-order valence-corrected chi connectivity index (χ0v) is 10.6. The molecular formula is C11H14N6O3. The largest absolute Gasteiger partial charge is 0.412 e. The van der Waals surface area contributed by atoms with Gasteiger partial charge in [-0.1, -0.05) is 0 Å². The van der Waals surface area contributed by atoms with Crippen molar-refractivity contribution >= 4 is 23.6 Å². The lowest BCUT2D eigenvalue weighted by molar-refractivity contribution is -0.114. The summed E-state index contributed by atoms with van der Waals surface area (Å²) in [7, 11) is 0. The van der Waals surface area contributed by atoms with Crippen LogP contribution in [0.1, 0.15) is 6.92 Å². The first kappa shape index (κ1) is 15.1. The van der Waals surface area contributed by atoms with E-state index in [2.05, 4.69) is 25.8 Å². The van der Waals surface area contributed by atoms with Crippen molar-refractivity contribution in [2.75, 3.05) is 10.6 Å². The molecule has 106 valence electrons. The number of amides is 3. The van der Waals surface area contributed by atoms with Crippen LogP contribution in [0.5, 0.6) is 0 Å². The maximum Gasteiger partial charge on any atom is 0.319 e. The molecule has 0 saturated carbocycles. The number of carbonyl (C=O) groups excluding carboxylic acids is 2. The second kappa shape index (κ2) is 6.29. The van der Waals surface area contributed by atoms with E-state index in [1.165, 1.54) is 6.92 Å². The number of H-pyrrole nitrogens is 1. The third-order valence-corrected chi connectivity index (χ3v) is 2.20. The predicted molar refractivity (Wildman–Crippen MR) is 72.9 cm³/mol. The summed E-state index contributed by atoms with van der Waals surface area (Å²) in [4.78, 5) is 25.6. The van der Waals surface area contributed by atoms with Crippen LogP contribution in [0, 0.1) is 0 Å². The summed E-state index contributed by atoms with van der Waals surface area (Å²) in [5, 5.41) is 11.4.